The summed E-state index contributed by atoms with van der Waals surface area (Å²) in [5.41, 5.74) is -0.348. The number of aliphatic hydroxyl groups is 2. The molecule has 0 aromatic heterocycles. The monoisotopic (exact) mass is 287 g/mol. The molecule has 1 aromatic carbocycles. The summed E-state index contributed by atoms with van der Waals surface area (Å²) in [6.07, 6.45) is 0. The van der Waals surface area contributed by atoms with Gasteiger partial charge in [-0.2, -0.15) is 0 Å². The number of rotatable bonds is 7. The molecule has 3 N–H and O–H groups in total. The summed E-state index contributed by atoms with van der Waals surface area (Å²) in [4.78, 5) is 11.5. The Morgan fingerprint density at radius 2 is 2.05 bits per heavy atom. The van der Waals surface area contributed by atoms with Gasteiger partial charge in [-0.3, -0.25) is 4.79 Å². The van der Waals surface area contributed by atoms with Crippen LogP contribution in [0.15, 0.2) is 24.3 Å². The molecule has 0 bridgehead atoms. The molecule has 0 aliphatic heterocycles. The number of halogens is 1. The maximum atomic E-state index is 12.7. The summed E-state index contributed by atoms with van der Waals surface area (Å²) in [6, 6.07) is 6.12. The van der Waals surface area contributed by atoms with Crippen molar-refractivity contribution >= 4 is 17.7 Å². The van der Waals surface area contributed by atoms with Gasteiger partial charge in [0.15, 0.2) is 0 Å². The van der Waals surface area contributed by atoms with E-state index >= 15 is 0 Å². The molecule has 0 saturated heterocycles. The predicted octanol–water partition coefficient (Wildman–Crippen LogP) is 0.918. The highest BCUT2D eigenvalue weighted by atomic mass is 32.2. The molecule has 19 heavy (non-hydrogen) atoms. The molecular formula is C13H18FNO3S. The molecule has 0 aliphatic rings. The van der Waals surface area contributed by atoms with Crippen molar-refractivity contribution in [2.75, 3.05) is 18.9 Å². The Kier molecular flexibility index (Phi) is 6.27. The number of aliphatic hydroxyl groups excluding tert-OH is 1. The van der Waals surface area contributed by atoms with Gasteiger partial charge >= 0.3 is 0 Å². The summed E-state index contributed by atoms with van der Waals surface area (Å²) in [5, 5.41) is 20.9. The number of nitrogens with one attached hydrogen (secondary N) is 1. The van der Waals surface area contributed by atoms with Crippen molar-refractivity contribution in [2.45, 2.75) is 18.3 Å². The van der Waals surface area contributed by atoms with Gasteiger partial charge < -0.3 is 15.5 Å². The quantitative estimate of drug-likeness (QED) is 0.697. The van der Waals surface area contributed by atoms with Crippen LogP contribution >= 0.6 is 11.8 Å². The van der Waals surface area contributed by atoms with E-state index in [1.807, 2.05) is 0 Å². The van der Waals surface area contributed by atoms with Gasteiger partial charge in [-0.25, -0.2) is 4.39 Å². The second kappa shape index (κ2) is 7.47. The van der Waals surface area contributed by atoms with Crippen LogP contribution in [0.2, 0.25) is 0 Å². The minimum Gasteiger partial charge on any atom is -0.393 e. The maximum Gasteiger partial charge on any atom is 0.230 e. The number of carbonyl (C=O) groups is 1. The first-order valence-corrected chi connectivity index (χ1v) is 7.00. The van der Waals surface area contributed by atoms with Gasteiger partial charge in [-0.15, -0.1) is 11.8 Å². The SMILES string of the molecule is CC(O)(CO)CNC(=O)CSCc1ccc(F)cc1. The van der Waals surface area contributed by atoms with Crippen molar-refractivity contribution in [3.8, 4) is 0 Å². The van der Waals surface area contributed by atoms with E-state index in [9.17, 15) is 14.3 Å². The first-order chi connectivity index (χ1) is 8.93. The van der Waals surface area contributed by atoms with Crippen molar-refractivity contribution in [1.82, 2.24) is 5.32 Å². The number of thioether (sulfide) groups is 1. The van der Waals surface area contributed by atoms with Gasteiger partial charge in [0, 0.05) is 12.3 Å². The molecular weight excluding hydrogens is 269 g/mol. The van der Waals surface area contributed by atoms with Crippen molar-refractivity contribution in [2.24, 2.45) is 0 Å². The molecule has 1 aromatic rings. The zero-order valence-electron chi connectivity index (χ0n) is 10.7. The third kappa shape index (κ3) is 6.56. The number of amides is 1. The Labute approximate surface area is 116 Å². The lowest BCUT2D eigenvalue weighted by Gasteiger charge is -2.20. The van der Waals surface area contributed by atoms with Crippen LogP contribution in [-0.4, -0.2) is 40.6 Å². The van der Waals surface area contributed by atoms with E-state index in [0.717, 1.165) is 5.56 Å². The van der Waals surface area contributed by atoms with Crippen molar-refractivity contribution < 1.29 is 19.4 Å². The summed E-state index contributed by atoms with van der Waals surface area (Å²) in [6.45, 7) is 1.05. The van der Waals surface area contributed by atoms with Gasteiger partial charge in [0.1, 0.15) is 11.4 Å². The lowest BCUT2D eigenvalue weighted by Crippen LogP contribution is -2.43. The van der Waals surface area contributed by atoms with Crippen LogP contribution in [0, 0.1) is 5.82 Å². The zero-order chi connectivity index (χ0) is 14.3. The molecule has 106 valence electrons. The minimum atomic E-state index is -1.29. The number of carbonyl (C=O) groups excluding carboxylic acids is 1. The van der Waals surface area contributed by atoms with E-state index in [1.165, 1.54) is 30.8 Å². The summed E-state index contributed by atoms with van der Waals surface area (Å²) in [7, 11) is 0. The van der Waals surface area contributed by atoms with E-state index in [1.54, 1.807) is 12.1 Å². The van der Waals surface area contributed by atoms with E-state index in [4.69, 9.17) is 5.11 Å². The van der Waals surface area contributed by atoms with Crippen molar-refractivity contribution in [1.29, 1.82) is 0 Å². The second-order valence-electron chi connectivity index (χ2n) is 4.55. The Balaban J connectivity index is 2.22. The van der Waals surface area contributed by atoms with E-state index in [2.05, 4.69) is 5.32 Å². The minimum absolute atomic E-state index is 0.0133. The summed E-state index contributed by atoms with van der Waals surface area (Å²) in [5.74, 6) is 0.377. The molecule has 1 amide bonds. The lowest BCUT2D eigenvalue weighted by molar-refractivity contribution is -0.120. The number of hydrogen-bond acceptors (Lipinski definition) is 4. The number of hydrogen-bond donors (Lipinski definition) is 3. The molecule has 1 atom stereocenters. The number of benzene rings is 1. The fraction of sp³-hybridized carbons (Fsp3) is 0.462. The zero-order valence-corrected chi connectivity index (χ0v) is 11.5. The van der Waals surface area contributed by atoms with Gasteiger partial charge in [-0.05, 0) is 24.6 Å². The van der Waals surface area contributed by atoms with Crippen LogP contribution in [0.4, 0.5) is 4.39 Å². The summed E-state index contributed by atoms with van der Waals surface area (Å²) >= 11 is 1.40. The molecule has 0 spiro atoms. The van der Waals surface area contributed by atoms with Gasteiger partial charge in [0.05, 0.1) is 12.4 Å². The third-order valence-electron chi connectivity index (χ3n) is 2.42. The molecule has 0 aliphatic carbocycles. The highest BCUT2D eigenvalue weighted by Gasteiger charge is 2.19. The molecule has 0 saturated carbocycles. The van der Waals surface area contributed by atoms with Crippen LogP contribution in [0.5, 0.6) is 0 Å². The first kappa shape index (κ1) is 15.9. The summed E-state index contributed by atoms with van der Waals surface area (Å²) < 4.78 is 12.7. The lowest BCUT2D eigenvalue weighted by atomic mass is 10.1. The molecule has 6 heteroatoms. The highest BCUT2D eigenvalue weighted by Crippen LogP contribution is 2.12. The molecule has 1 unspecified atom stereocenters. The van der Waals surface area contributed by atoms with E-state index in [0.29, 0.717) is 5.75 Å². The Hall–Kier alpha value is -1.11. The topological polar surface area (TPSA) is 69.6 Å². The van der Waals surface area contributed by atoms with Crippen LogP contribution < -0.4 is 5.32 Å². The van der Waals surface area contributed by atoms with E-state index < -0.39 is 12.2 Å². The van der Waals surface area contributed by atoms with E-state index in [-0.39, 0.29) is 24.0 Å². The van der Waals surface area contributed by atoms with Crippen LogP contribution in [0.1, 0.15) is 12.5 Å². The van der Waals surface area contributed by atoms with Crippen molar-refractivity contribution in [3.05, 3.63) is 35.6 Å². The van der Waals surface area contributed by atoms with Crippen LogP contribution in [0.3, 0.4) is 0 Å². The average molecular weight is 287 g/mol. The standard InChI is InChI=1S/C13H18FNO3S/c1-13(18,9-16)8-15-12(17)7-19-6-10-2-4-11(14)5-3-10/h2-5,16,18H,6-9H2,1H3,(H,15,17). The highest BCUT2D eigenvalue weighted by molar-refractivity contribution is 7.99. The molecule has 0 radical (unpaired) electrons. The largest absolute Gasteiger partial charge is 0.393 e. The Morgan fingerprint density at radius 1 is 1.42 bits per heavy atom. The fourth-order valence-corrected chi connectivity index (χ4v) is 2.06. The van der Waals surface area contributed by atoms with Gasteiger partial charge in [0.25, 0.3) is 0 Å². The van der Waals surface area contributed by atoms with Gasteiger partial charge in [0.2, 0.25) is 5.91 Å². The van der Waals surface area contributed by atoms with Crippen LogP contribution in [0.25, 0.3) is 0 Å². The third-order valence-corrected chi connectivity index (χ3v) is 3.43. The normalized spacial score (nSPS) is 13.9. The van der Waals surface area contributed by atoms with Gasteiger partial charge in [-0.1, -0.05) is 12.1 Å². The predicted molar refractivity (Wildman–Crippen MR) is 73.3 cm³/mol. The smallest absolute Gasteiger partial charge is 0.230 e. The first-order valence-electron chi connectivity index (χ1n) is 5.85. The Morgan fingerprint density at radius 3 is 2.63 bits per heavy atom. The van der Waals surface area contributed by atoms with Crippen LogP contribution in [-0.2, 0) is 10.5 Å². The molecule has 0 fully saturated rings. The maximum absolute atomic E-state index is 12.7. The average Bonchev–Trinajstić information content (AvgIpc) is 2.39. The molecule has 4 nitrogen and oxygen atoms in total. The fourth-order valence-electron chi connectivity index (χ4n) is 1.24. The molecule has 0 heterocycles. The second-order valence-corrected chi connectivity index (χ2v) is 5.54. The molecule has 1 rings (SSSR count). The van der Waals surface area contributed by atoms with Crippen molar-refractivity contribution in [3.63, 3.8) is 0 Å². The Bertz CT molecular complexity index is 409.